The Hall–Kier alpha value is -1.66. The van der Waals surface area contributed by atoms with Crippen molar-refractivity contribution in [1.29, 1.82) is 0 Å². The lowest BCUT2D eigenvalue weighted by Gasteiger charge is -2.34. The van der Waals surface area contributed by atoms with Gasteiger partial charge in [-0.1, -0.05) is 0 Å². The third-order valence-electron chi connectivity index (χ3n) is 2.93. The van der Waals surface area contributed by atoms with E-state index in [1.165, 1.54) is 0 Å². The summed E-state index contributed by atoms with van der Waals surface area (Å²) in [5.41, 5.74) is 6.48. The van der Waals surface area contributed by atoms with Gasteiger partial charge in [0.05, 0.1) is 12.7 Å². The molecular formula is C11H17N5O. The van der Waals surface area contributed by atoms with E-state index in [0.29, 0.717) is 6.67 Å². The van der Waals surface area contributed by atoms with Crippen LogP contribution in [0.5, 0.6) is 0 Å². The second-order valence-electron chi connectivity index (χ2n) is 4.03. The van der Waals surface area contributed by atoms with Crippen molar-refractivity contribution in [3.8, 4) is 0 Å². The highest BCUT2D eigenvalue weighted by Crippen LogP contribution is 2.21. The van der Waals surface area contributed by atoms with Crippen LogP contribution < -0.4 is 11.1 Å². The van der Waals surface area contributed by atoms with Gasteiger partial charge in [-0.3, -0.25) is 4.98 Å². The molecule has 2 heterocycles. The molecule has 92 valence electrons. The molecule has 0 bridgehead atoms. The highest BCUT2D eigenvalue weighted by molar-refractivity contribution is 5.72. The Labute approximate surface area is 100 Å². The van der Waals surface area contributed by atoms with Crippen molar-refractivity contribution in [1.82, 2.24) is 20.3 Å². The predicted octanol–water partition coefficient (Wildman–Crippen LogP) is 0.301. The number of urea groups is 1. The van der Waals surface area contributed by atoms with Crippen LogP contribution in [0.25, 0.3) is 0 Å². The van der Waals surface area contributed by atoms with Gasteiger partial charge in [0.15, 0.2) is 0 Å². The Bertz CT molecular complexity index is 377. The normalized spacial score (nSPS) is 17.9. The fraction of sp³-hybridized carbons (Fsp3) is 0.455. The van der Waals surface area contributed by atoms with Crippen LogP contribution in [-0.2, 0) is 0 Å². The number of nitrogens with one attached hydrogen (secondary N) is 1. The van der Waals surface area contributed by atoms with Crippen molar-refractivity contribution in [3.63, 3.8) is 0 Å². The summed E-state index contributed by atoms with van der Waals surface area (Å²) in [5, 5.41) is 6.69. The van der Waals surface area contributed by atoms with Crippen LogP contribution in [0.1, 0.15) is 18.5 Å². The van der Waals surface area contributed by atoms with E-state index in [2.05, 4.69) is 10.3 Å². The smallest absolute Gasteiger partial charge is 0.329 e. The molecule has 6 nitrogen and oxygen atoms in total. The van der Waals surface area contributed by atoms with E-state index < -0.39 is 6.03 Å². The van der Waals surface area contributed by atoms with Gasteiger partial charge in [0.1, 0.15) is 0 Å². The van der Waals surface area contributed by atoms with E-state index in [9.17, 15) is 4.79 Å². The molecule has 1 unspecified atom stereocenters. The first-order chi connectivity index (χ1) is 8.20. The third kappa shape index (κ3) is 2.54. The maximum Gasteiger partial charge on any atom is 0.329 e. The number of amides is 2. The predicted molar refractivity (Wildman–Crippen MR) is 63.7 cm³/mol. The molecule has 1 aliphatic rings. The van der Waals surface area contributed by atoms with E-state index in [4.69, 9.17) is 5.73 Å². The Balaban J connectivity index is 2.18. The molecule has 1 aromatic heterocycles. The number of nitrogens with zero attached hydrogens (tertiary/aromatic N) is 3. The summed E-state index contributed by atoms with van der Waals surface area (Å²) in [4.78, 5) is 15.5. The highest BCUT2D eigenvalue weighted by Gasteiger charge is 2.27. The Morgan fingerprint density at radius 2 is 2.29 bits per heavy atom. The summed E-state index contributed by atoms with van der Waals surface area (Å²) in [6.45, 7) is 4.27. The molecule has 2 rings (SSSR count). The maximum atomic E-state index is 11.6. The van der Waals surface area contributed by atoms with E-state index >= 15 is 0 Å². The molecule has 0 spiro atoms. The topological polar surface area (TPSA) is 74.5 Å². The van der Waals surface area contributed by atoms with Gasteiger partial charge in [-0.05, 0) is 24.6 Å². The maximum absolute atomic E-state index is 11.6. The number of aromatic nitrogens is 1. The molecule has 0 radical (unpaired) electrons. The van der Waals surface area contributed by atoms with Gasteiger partial charge in [-0.2, -0.15) is 0 Å². The molecule has 0 aliphatic carbocycles. The van der Waals surface area contributed by atoms with Gasteiger partial charge in [-0.15, -0.1) is 0 Å². The van der Waals surface area contributed by atoms with Gasteiger partial charge >= 0.3 is 6.03 Å². The Morgan fingerprint density at radius 3 is 2.82 bits per heavy atom. The summed E-state index contributed by atoms with van der Waals surface area (Å²) >= 11 is 0. The van der Waals surface area contributed by atoms with E-state index in [0.717, 1.165) is 18.7 Å². The number of primary amides is 1. The van der Waals surface area contributed by atoms with Gasteiger partial charge < -0.3 is 11.1 Å². The second-order valence-corrected chi connectivity index (χ2v) is 4.03. The highest BCUT2D eigenvalue weighted by atomic mass is 16.2. The SMILES string of the molecule is CC(c1ccncc1)N(C(N)=O)N1CCNC1. The van der Waals surface area contributed by atoms with Gasteiger partial charge in [0.2, 0.25) is 0 Å². The zero-order chi connectivity index (χ0) is 12.3. The molecule has 17 heavy (non-hydrogen) atoms. The van der Waals surface area contributed by atoms with Gasteiger partial charge in [0.25, 0.3) is 0 Å². The molecule has 3 N–H and O–H groups in total. The molecule has 0 aromatic carbocycles. The zero-order valence-corrected chi connectivity index (χ0v) is 9.84. The lowest BCUT2D eigenvalue weighted by Crippen LogP contribution is -2.49. The average molecular weight is 235 g/mol. The summed E-state index contributed by atoms with van der Waals surface area (Å²) in [5.74, 6) is 0. The fourth-order valence-corrected chi connectivity index (χ4v) is 2.04. The number of carbonyl (C=O) groups is 1. The molecule has 1 aliphatic heterocycles. The first kappa shape index (κ1) is 11.8. The van der Waals surface area contributed by atoms with Crippen LogP contribution in [-0.4, -0.2) is 40.8 Å². The second kappa shape index (κ2) is 5.11. The number of rotatable bonds is 3. The number of carbonyl (C=O) groups excluding carboxylic acids is 1. The molecule has 1 saturated heterocycles. The molecular weight excluding hydrogens is 218 g/mol. The zero-order valence-electron chi connectivity index (χ0n) is 9.84. The number of hydrogen-bond donors (Lipinski definition) is 2. The molecule has 2 amide bonds. The van der Waals surface area contributed by atoms with E-state index in [1.807, 2.05) is 24.1 Å². The van der Waals surface area contributed by atoms with E-state index in [-0.39, 0.29) is 6.04 Å². The first-order valence-corrected chi connectivity index (χ1v) is 5.64. The molecule has 1 fully saturated rings. The monoisotopic (exact) mass is 235 g/mol. The first-order valence-electron chi connectivity index (χ1n) is 5.64. The quantitative estimate of drug-likeness (QED) is 0.790. The minimum Gasteiger partial charge on any atom is -0.350 e. The van der Waals surface area contributed by atoms with Crippen molar-refractivity contribution >= 4 is 6.03 Å². The lowest BCUT2D eigenvalue weighted by atomic mass is 10.1. The number of pyridine rings is 1. The van der Waals surface area contributed by atoms with Crippen LogP contribution >= 0.6 is 0 Å². The number of nitrogens with two attached hydrogens (primary N) is 1. The van der Waals surface area contributed by atoms with Crippen LogP contribution in [0.3, 0.4) is 0 Å². The molecule has 0 saturated carbocycles. The fourth-order valence-electron chi connectivity index (χ4n) is 2.04. The van der Waals surface area contributed by atoms with Crippen molar-refractivity contribution in [2.75, 3.05) is 19.8 Å². The van der Waals surface area contributed by atoms with Crippen molar-refractivity contribution < 1.29 is 4.79 Å². The van der Waals surface area contributed by atoms with Crippen LogP contribution in [0.4, 0.5) is 4.79 Å². The van der Waals surface area contributed by atoms with Gasteiger partial charge in [-0.25, -0.2) is 14.8 Å². The van der Waals surface area contributed by atoms with Crippen LogP contribution in [0, 0.1) is 0 Å². The third-order valence-corrected chi connectivity index (χ3v) is 2.93. The molecule has 1 atom stereocenters. The van der Waals surface area contributed by atoms with Gasteiger partial charge in [0, 0.05) is 25.5 Å². The summed E-state index contributed by atoms with van der Waals surface area (Å²) in [7, 11) is 0. The minimum absolute atomic E-state index is 0.0876. The van der Waals surface area contributed by atoms with Crippen molar-refractivity contribution in [3.05, 3.63) is 30.1 Å². The number of hydrogen-bond acceptors (Lipinski definition) is 4. The minimum atomic E-state index is -0.432. The standard InChI is InChI=1S/C11H17N5O/c1-9(10-2-4-13-5-3-10)16(11(12)17)15-7-6-14-8-15/h2-5,9,14H,6-8H2,1H3,(H2,12,17). The summed E-state index contributed by atoms with van der Waals surface area (Å²) in [6.07, 6.45) is 3.43. The largest absolute Gasteiger partial charge is 0.350 e. The average Bonchev–Trinajstić information content (AvgIpc) is 2.83. The molecule has 6 heteroatoms. The summed E-state index contributed by atoms with van der Waals surface area (Å²) < 4.78 is 0. The molecule has 1 aromatic rings. The number of hydrazine groups is 1. The van der Waals surface area contributed by atoms with Crippen molar-refractivity contribution in [2.45, 2.75) is 13.0 Å². The summed E-state index contributed by atoms with van der Waals surface area (Å²) in [6, 6.07) is 3.27. The van der Waals surface area contributed by atoms with E-state index in [1.54, 1.807) is 17.4 Å². The van der Waals surface area contributed by atoms with Crippen LogP contribution in [0.2, 0.25) is 0 Å². The Kier molecular flexibility index (Phi) is 3.55. The van der Waals surface area contributed by atoms with Crippen LogP contribution in [0.15, 0.2) is 24.5 Å². The van der Waals surface area contributed by atoms with Crippen molar-refractivity contribution in [2.24, 2.45) is 5.73 Å². The Morgan fingerprint density at radius 1 is 1.59 bits per heavy atom. The lowest BCUT2D eigenvalue weighted by molar-refractivity contribution is 0.00776.